The maximum absolute atomic E-state index is 12.3. The fourth-order valence-corrected chi connectivity index (χ4v) is 4.46. The molecule has 0 saturated heterocycles. The first kappa shape index (κ1) is 22.1. The molecule has 1 amide bonds. The molecule has 8 heteroatoms. The number of unbranched alkanes of at least 4 members (excludes halogenated alkanes) is 6. The number of thiazole rings is 1. The number of amides is 1. The van der Waals surface area contributed by atoms with Crippen molar-refractivity contribution in [2.24, 2.45) is 0 Å². The van der Waals surface area contributed by atoms with Crippen LogP contribution in [-0.4, -0.2) is 19.3 Å². The lowest BCUT2D eigenvalue weighted by Crippen LogP contribution is -2.14. The molecule has 0 unspecified atom stereocenters. The number of aromatic nitrogens is 1. The number of carbonyl (C=O) groups is 1. The van der Waals surface area contributed by atoms with Crippen molar-refractivity contribution in [1.29, 1.82) is 0 Å². The molecule has 1 aromatic heterocycles. The Bertz CT molecular complexity index is 832. The number of carbonyl (C=O) groups excluding carboxylic acids is 1. The SMILES string of the molecule is C=CCCCCCCCCC(=O)Nc1ccc(S(=O)(=O)Nc2nccs2)cc1. The fourth-order valence-electron chi connectivity index (χ4n) is 2.67. The average Bonchev–Trinajstić information content (AvgIpc) is 3.16. The Hall–Kier alpha value is -2.19. The van der Waals surface area contributed by atoms with Gasteiger partial charge in [-0.1, -0.05) is 31.8 Å². The third-order valence-electron chi connectivity index (χ3n) is 4.16. The normalized spacial score (nSPS) is 11.1. The molecule has 6 nitrogen and oxygen atoms in total. The summed E-state index contributed by atoms with van der Waals surface area (Å²) in [7, 11) is -3.68. The zero-order valence-corrected chi connectivity index (χ0v) is 17.5. The monoisotopic (exact) mass is 421 g/mol. The number of anilines is 2. The van der Waals surface area contributed by atoms with Crippen LogP contribution in [-0.2, 0) is 14.8 Å². The second-order valence-electron chi connectivity index (χ2n) is 6.46. The molecule has 28 heavy (non-hydrogen) atoms. The van der Waals surface area contributed by atoms with Gasteiger partial charge in [0.2, 0.25) is 5.91 Å². The first-order valence-corrected chi connectivity index (χ1v) is 11.8. The number of rotatable bonds is 13. The quantitative estimate of drug-likeness (QED) is 0.344. The van der Waals surface area contributed by atoms with Crippen molar-refractivity contribution >= 4 is 38.1 Å². The van der Waals surface area contributed by atoms with Gasteiger partial charge in [0.05, 0.1) is 4.90 Å². The van der Waals surface area contributed by atoms with E-state index >= 15 is 0 Å². The first-order valence-electron chi connectivity index (χ1n) is 9.44. The third-order valence-corrected chi connectivity index (χ3v) is 6.34. The number of sulfonamides is 1. The summed E-state index contributed by atoms with van der Waals surface area (Å²) in [5.41, 5.74) is 0.586. The van der Waals surface area contributed by atoms with Gasteiger partial charge in [-0.05, 0) is 43.5 Å². The van der Waals surface area contributed by atoms with Crippen LogP contribution in [0.4, 0.5) is 10.8 Å². The fraction of sp³-hybridized carbons (Fsp3) is 0.400. The van der Waals surface area contributed by atoms with E-state index in [-0.39, 0.29) is 10.8 Å². The predicted molar refractivity (Wildman–Crippen MR) is 115 cm³/mol. The molecule has 0 fully saturated rings. The number of nitrogens with one attached hydrogen (secondary N) is 2. The van der Waals surface area contributed by atoms with Gasteiger partial charge in [-0.15, -0.1) is 17.9 Å². The van der Waals surface area contributed by atoms with Crippen molar-refractivity contribution in [2.45, 2.75) is 56.3 Å². The van der Waals surface area contributed by atoms with Crippen LogP contribution in [0.3, 0.4) is 0 Å². The van der Waals surface area contributed by atoms with Gasteiger partial charge in [-0.2, -0.15) is 0 Å². The van der Waals surface area contributed by atoms with Gasteiger partial charge in [0.15, 0.2) is 5.13 Å². The maximum atomic E-state index is 12.3. The molecule has 2 N–H and O–H groups in total. The summed E-state index contributed by atoms with van der Waals surface area (Å²) in [6.07, 6.45) is 11.7. The third kappa shape index (κ3) is 7.82. The van der Waals surface area contributed by atoms with Crippen LogP contribution in [0.1, 0.15) is 51.4 Å². The summed E-state index contributed by atoms with van der Waals surface area (Å²) in [5.74, 6) is -0.0526. The molecular formula is C20H27N3O3S2. The molecule has 1 aromatic carbocycles. The predicted octanol–water partition coefficient (Wildman–Crippen LogP) is 5.19. The largest absolute Gasteiger partial charge is 0.326 e. The lowest BCUT2D eigenvalue weighted by atomic mass is 10.1. The molecule has 1 heterocycles. The Kier molecular flexibility index (Phi) is 9.16. The minimum absolute atomic E-state index is 0.0526. The molecule has 0 aliphatic carbocycles. The number of nitrogens with zero attached hydrogens (tertiary/aromatic N) is 1. The standard InChI is InChI=1S/C20H27N3O3S2/c1-2-3-4-5-6-7-8-9-10-19(24)22-17-11-13-18(14-12-17)28(25,26)23-20-21-15-16-27-20/h2,11-16H,1,3-10H2,(H,21,23)(H,22,24). The second-order valence-corrected chi connectivity index (χ2v) is 9.04. The Morgan fingerprint density at radius 3 is 2.39 bits per heavy atom. The smallest absolute Gasteiger partial charge is 0.263 e. The number of benzene rings is 1. The molecule has 2 aromatic rings. The van der Waals surface area contributed by atoms with E-state index in [9.17, 15) is 13.2 Å². The van der Waals surface area contributed by atoms with E-state index in [1.165, 1.54) is 48.9 Å². The highest BCUT2D eigenvalue weighted by molar-refractivity contribution is 7.93. The Labute approximate surface area is 171 Å². The van der Waals surface area contributed by atoms with E-state index in [2.05, 4.69) is 21.6 Å². The highest BCUT2D eigenvalue weighted by Crippen LogP contribution is 2.20. The van der Waals surface area contributed by atoms with Crippen LogP contribution in [0.25, 0.3) is 0 Å². The van der Waals surface area contributed by atoms with E-state index in [4.69, 9.17) is 0 Å². The highest BCUT2D eigenvalue weighted by atomic mass is 32.2. The zero-order valence-electron chi connectivity index (χ0n) is 15.9. The van der Waals surface area contributed by atoms with Gasteiger partial charge >= 0.3 is 0 Å². The molecular weight excluding hydrogens is 394 g/mol. The van der Waals surface area contributed by atoms with Crippen molar-refractivity contribution in [2.75, 3.05) is 10.0 Å². The topological polar surface area (TPSA) is 88.2 Å². The van der Waals surface area contributed by atoms with Crippen LogP contribution in [0.2, 0.25) is 0 Å². The Morgan fingerprint density at radius 1 is 1.07 bits per heavy atom. The van der Waals surface area contributed by atoms with E-state index in [0.29, 0.717) is 17.2 Å². The molecule has 0 atom stereocenters. The van der Waals surface area contributed by atoms with Crippen LogP contribution < -0.4 is 10.0 Å². The van der Waals surface area contributed by atoms with E-state index in [1.54, 1.807) is 17.5 Å². The van der Waals surface area contributed by atoms with E-state index in [0.717, 1.165) is 25.7 Å². The van der Waals surface area contributed by atoms with Crippen molar-refractivity contribution in [1.82, 2.24) is 4.98 Å². The van der Waals surface area contributed by atoms with Gasteiger partial charge in [-0.3, -0.25) is 9.52 Å². The van der Waals surface area contributed by atoms with Crippen molar-refractivity contribution < 1.29 is 13.2 Å². The Morgan fingerprint density at radius 2 is 1.75 bits per heavy atom. The number of hydrogen-bond acceptors (Lipinski definition) is 5. The summed E-state index contributed by atoms with van der Waals surface area (Å²) in [4.78, 5) is 16.1. The van der Waals surface area contributed by atoms with Gasteiger partial charge in [0, 0.05) is 23.7 Å². The number of allylic oxidation sites excluding steroid dienone is 1. The lowest BCUT2D eigenvalue weighted by Gasteiger charge is -2.08. The van der Waals surface area contributed by atoms with Crippen LogP contribution >= 0.6 is 11.3 Å². The van der Waals surface area contributed by atoms with Gasteiger partial charge in [0.25, 0.3) is 10.0 Å². The number of hydrogen-bond donors (Lipinski definition) is 2. The van der Waals surface area contributed by atoms with Crippen molar-refractivity contribution in [3.63, 3.8) is 0 Å². The van der Waals surface area contributed by atoms with Crippen molar-refractivity contribution in [3.05, 3.63) is 48.5 Å². The lowest BCUT2D eigenvalue weighted by molar-refractivity contribution is -0.116. The first-order chi connectivity index (χ1) is 13.5. The molecule has 2 rings (SSSR count). The summed E-state index contributed by atoms with van der Waals surface area (Å²) in [5, 5.41) is 4.82. The van der Waals surface area contributed by atoms with Crippen molar-refractivity contribution in [3.8, 4) is 0 Å². The molecule has 0 spiro atoms. The van der Waals surface area contributed by atoms with E-state index in [1.807, 2.05) is 6.08 Å². The average molecular weight is 422 g/mol. The summed E-state index contributed by atoms with van der Waals surface area (Å²) in [6, 6.07) is 6.12. The minimum atomic E-state index is -3.68. The van der Waals surface area contributed by atoms with Crippen LogP contribution in [0.15, 0.2) is 53.4 Å². The van der Waals surface area contributed by atoms with Gasteiger partial charge in [0.1, 0.15) is 0 Å². The molecule has 0 saturated carbocycles. The molecule has 0 aliphatic heterocycles. The highest BCUT2D eigenvalue weighted by Gasteiger charge is 2.15. The van der Waals surface area contributed by atoms with E-state index < -0.39 is 10.0 Å². The van der Waals surface area contributed by atoms with Crippen LogP contribution in [0, 0.1) is 0 Å². The summed E-state index contributed by atoms with van der Waals surface area (Å²) < 4.78 is 27.0. The Balaban J connectivity index is 1.71. The summed E-state index contributed by atoms with van der Waals surface area (Å²) >= 11 is 1.21. The maximum Gasteiger partial charge on any atom is 0.263 e. The molecule has 0 bridgehead atoms. The van der Waals surface area contributed by atoms with Crippen LogP contribution in [0.5, 0.6) is 0 Å². The minimum Gasteiger partial charge on any atom is -0.326 e. The summed E-state index contributed by atoms with van der Waals surface area (Å²) in [6.45, 7) is 3.71. The molecule has 152 valence electrons. The van der Waals surface area contributed by atoms with Gasteiger partial charge in [-0.25, -0.2) is 13.4 Å². The second kappa shape index (κ2) is 11.6. The molecule has 0 aliphatic rings. The van der Waals surface area contributed by atoms with Gasteiger partial charge < -0.3 is 5.32 Å². The zero-order chi connectivity index (χ0) is 20.2. The molecule has 0 radical (unpaired) electrons.